The van der Waals surface area contributed by atoms with Gasteiger partial charge in [-0.25, -0.2) is 0 Å². The monoisotopic (exact) mass is 240 g/mol. The average Bonchev–Trinajstić information content (AvgIpc) is 2.36. The van der Waals surface area contributed by atoms with Gasteiger partial charge in [-0.15, -0.1) is 0 Å². The van der Waals surface area contributed by atoms with Crippen molar-refractivity contribution in [1.82, 2.24) is 15.0 Å². The SMILES string of the molecule is CNc1nc(N(C)C)nc(N(C)C(C)CO)n1. The van der Waals surface area contributed by atoms with Gasteiger partial charge in [0.1, 0.15) is 0 Å². The Kier molecular flexibility index (Phi) is 4.45. The summed E-state index contributed by atoms with van der Waals surface area (Å²) in [6, 6.07) is -0.0443. The molecule has 96 valence electrons. The second-order valence-corrected chi connectivity index (χ2v) is 4.05. The van der Waals surface area contributed by atoms with Crippen molar-refractivity contribution in [2.75, 3.05) is 49.9 Å². The van der Waals surface area contributed by atoms with Crippen LogP contribution >= 0.6 is 0 Å². The molecule has 1 unspecified atom stereocenters. The lowest BCUT2D eigenvalue weighted by molar-refractivity contribution is 0.269. The number of aromatic nitrogens is 3. The normalized spacial score (nSPS) is 12.1. The van der Waals surface area contributed by atoms with Gasteiger partial charge in [0.05, 0.1) is 12.6 Å². The minimum Gasteiger partial charge on any atom is -0.394 e. The molecule has 7 nitrogen and oxygen atoms in total. The Labute approximate surface area is 102 Å². The van der Waals surface area contributed by atoms with Crippen LogP contribution in [-0.2, 0) is 0 Å². The smallest absolute Gasteiger partial charge is 0.232 e. The second-order valence-electron chi connectivity index (χ2n) is 4.05. The highest BCUT2D eigenvalue weighted by Gasteiger charge is 2.15. The van der Waals surface area contributed by atoms with Gasteiger partial charge in [0.2, 0.25) is 17.8 Å². The van der Waals surface area contributed by atoms with E-state index in [1.54, 1.807) is 7.05 Å². The van der Waals surface area contributed by atoms with Crippen LogP contribution in [0.1, 0.15) is 6.92 Å². The van der Waals surface area contributed by atoms with E-state index in [1.807, 2.05) is 37.9 Å². The van der Waals surface area contributed by atoms with Crippen LogP contribution in [0, 0.1) is 0 Å². The Hall–Kier alpha value is -1.63. The molecule has 0 bridgehead atoms. The summed E-state index contributed by atoms with van der Waals surface area (Å²) in [6.45, 7) is 1.95. The Balaban J connectivity index is 3.10. The standard InChI is InChI=1S/C10H20N6O/c1-7(6-17)16(5)10-13-8(11-2)12-9(14-10)15(3)4/h7,17H,6H2,1-5H3,(H,11,12,13,14). The van der Waals surface area contributed by atoms with Gasteiger partial charge in [-0.2, -0.15) is 15.0 Å². The summed E-state index contributed by atoms with van der Waals surface area (Å²) in [6.07, 6.45) is 0. The summed E-state index contributed by atoms with van der Waals surface area (Å²) in [7, 11) is 7.34. The first-order valence-electron chi connectivity index (χ1n) is 5.44. The van der Waals surface area contributed by atoms with Crippen molar-refractivity contribution in [3.8, 4) is 0 Å². The zero-order valence-corrected chi connectivity index (χ0v) is 11.0. The largest absolute Gasteiger partial charge is 0.394 e. The van der Waals surface area contributed by atoms with Crippen LogP contribution in [0.5, 0.6) is 0 Å². The van der Waals surface area contributed by atoms with Crippen LogP contribution in [0.2, 0.25) is 0 Å². The molecular formula is C10H20N6O. The Morgan fingerprint density at radius 1 is 1.18 bits per heavy atom. The van der Waals surface area contributed by atoms with Crippen molar-refractivity contribution in [2.24, 2.45) is 0 Å². The number of aliphatic hydroxyl groups is 1. The molecular weight excluding hydrogens is 220 g/mol. The lowest BCUT2D eigenvalue weighted by Gasteiger charge is -2.24. The summed E-state index contributed by atoms with van der Waals surface area (Å²) in [4.78, 5) is 16.4. The fraction of sp³-hybridized carbons (Fsp3) is 0.700. The zero-order valence-electron chi connectivity index (χ0n) is 11.0. The van der Waals surface area contributed by atoms with E-state index < -0.39 is 0 Å². The number of nitrogens with one attached hydrogen (secondary N) is 1. The number of likely N-dealkylation sites (N-methyl/N-ethyl adjacent to an activating group) is 1. The van der Waals surface area contributed by atoms with E-state index in [-0.39, 0.29) is 12.6 Å². The molecule has 17 heavy (non-hydrogen) atoms. The predicted octanol–water partition coefficient (Wildman–Crippen LogP) is -0.204. The van der Waals surface area contributed by atoms with E-state index in [9.17, 15) is 0 Å². The molecule has 1 aromatic rings. The van der Waals surface area contributed by atoms with E-state index in [4.69, 9.17) is 5.11 Å². The van der Waals surface area contributed by atoms with Crippen LogP contribution < -0.4 is 15.1 Å². The van der Waals surface area contributed by atoms with Crippen LogP contribution in [0.25, 0.3) is 0 Å². The first kappa shape index (κ1) is 13.4. The fourth-order valence-corrected chi connectivity index (χ4v) is 1.14. The van der Waals surface area contributed by atoms with Crippen LogP contribution in [0.15, 0.2) is 0 Å². The molecule has 1 heterocycles. The number of rotatable bonds is 5. The van der Waals surface area contributed by atoms with Gasteiger partial charge < -0.3 is 20.2 Å². The molecule has 0 aliphatic carbocycles. The molecule has 1 rings (SSSR count). The summed E-state index contributed by atoms with van der Waals surface area (Å²) in [5.41, 5.74) is 0. The number of anilines is 3. The molecule has 0 radical (unpaired) electrons. The van der Waals surface area contributed by atoms with Crippen molar-refractivity contribution in [3.63, 3.8) is 0 Å². The lowest BCUT2D eigenvalue weighted by atomic mass is 10.3. The molecule has 2 N–H and O–H groups in total. The second kappa shape index (κ2) is 5.62. The Bertz CT molecular complexity index is 370. The Morgan fingerprint density at radius 3 is 2.24 bits per heavy atom. The van der Waals surface area contributed by atoms with Gasteiger partial charge in [-0.3, -0.25) is 0 Å². The average molecular weight is 240 g/mol. The summed E-state index contributed by atoms with van der Waals surface area (Å²) >= 11 is 0. The van der Waals surface area contributed by atoms with Gasteiger partial charge in [-0.05, 0) is 6.92 Å². The van der Waals surface area contributed by atoms with Crippen molar-refractivity contribution in [3.05, 3.63) is 0 Å². The highest BCUT2D eigenvalue weighted by molar-refractivity contribution is 5.44. The van der Waals surface area contributed by atoms with E-state index in [0.717, 1.165) is 0 Å². The van der Waals surface area contributed by atoms with Gasteiger partial charge in [-0.1, -0.05) is 0 Å². The third kappa shape index (κ3) is 3.16. The molecule has 0 saturated heterocycles. The molecule has 0 amide bonds. The van der Waals surface area contributed by atoms with Crippen molar-refractivity contribution in [1.29, 1.82) is 0 Å². The predicted molar refractivity (Wildman–Crippen MR) is 68.7 cm³/mol. The van der Waals surface area contributed by atoms with Crippen molar-refractivity contribution in [2.45, 2.75) is 13.0 Å². The first-order chi connectivity index (χ1) is 7.99. The van der Waals surface area contributed by atoms with Crippen LogP contribution in [0.4, 0.5) is 17.8 Å². The van der Waals surface area contributed by atoms with E-state index >= 15 is 0 Å². The summed E-state index contributed by atoms with van der Waals surface area (Å²) in [5.74, 6) is 1.63. The molecule has 0 aliphatic rings. The highest BCUT2D eigenvalue weighted by Crippen LogP contribution is 2.15. The minimum absolute atomic E-state index is 0.0443. The zero-order chi connectivity index (χ0) is 13.0. The molecule has 0 aromatic carbocycles. The number of hydrogen-bond acceptors (Lipinski definition) is 7. The fourth-order valence-electron chi connectivity index (χ4n) is 1.14. The first-order valence-corrected chi connectivity index (χ1v) is 5.44. The van der Waals surface area contributed by atoms with Gasteiger partial charge in [0, 0.05) is 28.2 Å². The molecule has 0 aliphatic heterocycles. The third-order valence-electron chi connectivity index (χ3n) is 2.48. The van der Waals surface area contributed by atoms with E-state index in [0.29, 0.717) is 17.8 Å². The lowest BCUT2D eigenvalue weighted by Crippen LogP contribution is -2.34. The number of nitrogens with zero attached hydrogens (tertiary/aromatic N) is 5. The van der Waals surface area contributed by atoms with Gasteiger partial charge in [0.25, 0.3) is 0 Å². The van der Waals surface area contributed by atoms with Crippen LogP contribution in [0.3, 0.4) is 0 Å². The quantitative estimate of drug-likeness (QED) is 0.737. The maximum Gasteiger partial charge on any atom is 0.232 e. The summed E-state index contributed by atoms with van der Waals surface area (Å²) in [5, 5.41) is 12.0. The molecule has 0 saturated carbocycles. The molecule has 0 spiro atoms. The molecule has 7 heteroatoms. The minimum atomic E-state index is -0.0443. The van der Waals surface area contributed by atoms with Crippen molar-refractivity contribution < 1.29 is 5.11 Å². The number of aliphatic hydroxyl groups excluding tert-OH is 1. The maximum absolute atomic E-state index is 9.13. The highest BCUT2D eigenvalue weighted by atomic mass is 16.3. The van der Waals surface area contributed by atoms with E-state index in [1.165, 1.54) is 0 Å². The number of hydrogen-bond donors (Lipinski definition) is 2. The summed E-state index contributed by atoms with van der Waals surface area (Å²) < 4.78 is 0. The topological polar surface area (TPSA) is 77.4 Å². The molecule has 1 aromatic heterocycles. The maximum atomic E-state index is 9.13. The third-order valence-corrected chi connectivity index (χ3v) is 2.48. The van der Waals surface area contributed by atoms with Crippen molar-refractivity contribution >= 4 is 17.8 Å². The van der Waals surface area contributed by atoms with Gasteiger partial charge >= 0.3 is 0 Å². The van der Waals surface area contributed by atoms with Crippen LogP contribution in [-0.4, -0.2) is 60.9 Å². The van der Waals surface area contributed by atoms with E-state index in [2.05, 4.69) is 20.3 Å². The van der Waals surface area contributed by atoms with Gasteiger partial charge in [0.15, 0.2) is 0 Å². The Morgan fingerprint density at radius 2 is 1.76 bits per heavy atom. The molecule has 1 atom stereocenters. The molecule has 0 fully saturated rings.